The third-order valence-electron chi connectivity index (χ3n) is 11.4. The molecule has 6 nitrogen and oxygen atoms in total. The third kappa shape index (κ3) is 54.5. The van der Waals surface area contributed by atoms with E-state index in [-0.39, 0.29) is 37.5 Å². The van der Waals surface area contributed by atoms with Crippen LogP contribution in [0.3, 0.4) is 0 Å². The molecule has 0 saturated carbocycles. The van der Waals surface area contributed by atoms with Crippen LogP contribution in [0.2, 0.25) is 0 Å². The maximum Gasteiger partial charge on any atom is 0.306 e. The van der Waals surface area contributed by atoms with E-state index in [1.807, 2.05) is 0 Å². The number of ether oxygens (including phenoxy) is 3. The molecule has 1 atom stereocenters. The van der Waals surface area contributed by atoms with Gasteiger partial charge in [0, 0.05) is 19.3 Å². The molecule has 6 heteroatoms. The Labute approximate surface area is 430 Å². The van der Waals surface area contributed by atoms with E-state index in [0.29, 0.717) is 19.3 Å². The van der Waals surface area contributed by atoms with Crippen molar-refractivity contribution in [2.45, 2.75) is 239 Å². The fraction of sp³-hybridized carbons (Fsp3) is 0.609. The van der Waals surface area contributed by atoms with Gasteiger partial charge < -0.3 is 14.2 Å². The first-order valence-corrected chi connectivity index (χ1v) is 28.2. The van der Waals surface area contributed by atoms with E-state index in [1.54, 1.807) is 0 Å². The van der Waals surface area contributed by atoms with Crippen LogP contribution in [0.15, 0.2) is 134 Å². The Morgan fingerprint density at radius 3 is 0.914 bits per heavy atom. The molecule has 0 aromatic rings. The minimum atomic E-state index is -0.810. The Morgan fingerprint density at radius 1 is 0.300 bits per heavy atom. The van der Waals surface area contributed by atoms with Crippen LogP contribution in [-0.4, -0.2) is 37.2 Å². The number of hydrogen-bond acceptors (Lipinski definition) is 6. The largest absolute Gasteiger partial charge is 0.462 e. The Hall–Kier alpha value is -4.45. The van der Waals surface area contributed by atoms with Crippen molar-refractivity contribution < 1.29 is 28.6 Å². The van der Waals surface area contributed by atoms with E-state index in [1.165, 1.54) is 44.9 Å². The number of rotatable bonds is 49. The first-order valence-electron chi connectivity index (χ1n) is 28.2. The summed E-state index contributed by atoms with van der Waals surface area (Å²) in [7, 11) is 0. The molecule has 0 saturated heterocycles. The highest BCUT2D eigenvalue weighted by molar-refractivity contribution is 5.71. The Kier molecular flexibility index (Phi) is 53.5. The Morgan fingerprint density at radius 2 is 0.557 bits per heavy atom. The van der Waals surface area contributed by atoms with Gasteiger partial charge in [-0.05, 0) is 128 Å². The lowest BCUT2D eigenvalue weighted by atomic mass is 10.1. The second kappa shape index (κ2) is 57.1. The average Bonchev–Trinajstić information content (AvgIpc) is 3.36. The van der Waals surface area contributed by atoms with Gasteiger partial charge in [-0.25, -0.2) is 0 Å². The van der Waals surface area contributed by atoms with Gasteiger partial charge in [-0.2, -0.15) is 0 Å². The monoisotopic (exact) mass is 967 g/mol. The highest BCUT2D eigenvalue weighted by Gasteiger charge is 2.19. The van der Waals surface area contributed by atoms with Gasteiger partial charge in [0.15, 0.2) is 6.10 Å². The zero-order valence-electron chi connectivity index (χ0n) is 45.0. The van der Waals surface area contributed by atoms with Crippen LogP contribution >= 0.6 is 0 Å². The number of hydrogen-bond donors (Lipinski definition) is 0. The molecule has 0 rings (SSSR count). The minimum absolute atomic E-state index is 0.106. The van der Waals surface area contributed by atoms with Crippen LogP contribution in [0, 0.1) is 0 Å². The topological polar surface area (TPSA) is 78.9 Å². The lowest BCUT2D eigenvalue weighted by molar-refractivity contribution is -0.167. The molecule has 0 aliphatic rings. The molecule has 0 aromatic heterocycles. The van der Waals surface area contributed by atoms with Gasteiger partial charge in [0.2, 0.25) is 0 Å². The van der Waals surface area contributed by atoms with Crippen molar-refractivity contribution in [2.75, 3.05) is 13.2 Å². The molecule has 0 aliphatic heterocycles. The van der Waals surface area contributed by atoms with Gasteiger partial charge in [-0.1, -0.05) is 219 Å². The molecule has 0 spiro atoms. The molecular weight excluding hydrogens is 865 g/mol. The lowest BCUT2D eigenvalue weighted by Crippen LogP contribution is -2.30. The fourth-order valence-corrected chi connectivity index (χ4v) is 7.20. The van der Waals surface area contributed by atoms with E-state index in [9.17, 15) is 14.4 Å². The molecular formula is C64H102O6. The molecule has 0 bridgehead atoms. The summed E-state index contributed by atoms with van der Waals surface area (Å²) in [5.41, 5.74) is 0. The van der Waals surface area contributed by atoms with Crippen LogP contribution in [0.25, 0.3) is 0 Å². The van der Waals surface area contributed by atoms with Crippen molar-refractivity contribution in [3.05, 3.63) is 134 Å². The van der Waals surface area contributed by atoms with Crippen LogP contribution in [-0.2, 0) is 28.6 Å². The van der Waals surface area contributed by atoms with E-state index < -0.39 is 6.10 Å². The molecule has 70 heavy (non-hydrogen) atoms. The molecule has 0 radical (unpaired) electrons. The van der Waals surface area contributed by atoms with Gasteiger partial charge in [0.1, 0.15) is 13.2 Å². The Bertz CT molecular complexity index is 1530. The molecule has 0 fully saturated rings. The number of carbonyl (C=O) groups is 3. The predicted octanol–water partition coefficient (Wildman–Crippen LogP) is 19.0. The summed E-state index contributed by atoms with van der Waals surface area (Å²) in [6, 6.07) is 0. The van der Waals surface area contributed by atoms with Crippen molar-refractivity contribution in [1.82, 2.24) is 0 Å². The van der Waals surface area contributed by atoms with E-state index >= 15 is 0 Å². The standard InChI is InChI=1S/C64H102O6/c1-4-7-10-13-16-19-22-24-26-27-28-29-30-31-32-33-34-35-36-37-39-40-42-45-48-51-54-57-63(66)69-60-61(59-68-62(65)56-53-50-47-44-21-18-15-12-9-6-3)70-64(67)58-55-52-49-46-43-41-38-25-23-20-17-14-11-8-5-2/h7-8,10-12,15-17,19-20,24-26,28-29,31-32,34-35,38,43,46,61H,4-6,9,13-14,18,21-23,27,30,33,36-37,39-42,44-45,47-60H2,1-3H3/b10-7-,11-8-,15-12-,19-16-,20-17-,26-24-,29-28-,32-31-,35-34-,38-25-,46-43-. The van der Waals surface area contributed by atoms with Crippen LogP contribution in [0.5, 0.6) is 0 Å². The van der Waals surface area contributed by atoms with Crippen molar-refractivity contribution in [2.24, 2.45) is 0 Å². The SMILES string of the molecule is CC/C=C\C/C=C\C/C=C\C/C=C\C/C=C\C/C=C\CCCCCCCCCCC(=O)OCC(COC(=O)CCCCCCC/C=C\CCC)OC(=O)CCCC/C=C\C/C=C\C/C=C\C/C=C\CC. The Balaban J connectivity index is 4.34. The summed E-state index contributed by atoms with van der Waals surface area (Å²) in [6.07, 6.45) is 80.2. The van der Waals surface area contributed by atoms with Crippen molar-refractivity contribution in [3.63, 3.8) is 0 Å². The third-order valence-corrected chi connectivity index (χ3v) is 11.4. The van der Waals surface area contributed by atoms with Crippen LogP contribution in [0.1, 0.15) is 233 Å². The molecule has 0 aromatic carbocycles. The molecule has 1 unspecified atom stereocenters. The second-order valence-electron chi connectivity index (χ2n) is 18.1. The van der Waals surface area contributed by atoms with Gasteiger partial charge in [-0.15, -0.1) is 0 Å². The summed E-state index contributed by atoms with van der Waals surface area (Å²) < 4.78 is 16.8. The molecule has 394 valence electrons. The zero-order chi connectivity index (χ0) is 50.7. The highest BCUT2D eigenvalue weighted by atomic mass is 16.6. The quantitative estimate of drug-likeness (QED) is 0.0262. The summed E-state index contributed by atoms with van der Waals surface area (Å²) in [6.45, 7) is 6.28. The van der Waals surface area contributed by atoms with Gasteiger partial charge in [0.05, 0.1) is 0 Å². The number of allylic oxidation sites excluding steroid dienone is 22. The van der Waals surface area contributed by atoms with Crippen molar-refractivity contribution in [1.29, 1.82) is 0 Å². The molecule has 0 heterocycles. The van der Waals surface area contributed by atoms with Crippen LogP contribution < -0.4 is 0 Å². The van der Waals surface area contributed by atoms with Crippen LogP contribution in [0.4, 0.5) is 0 Å². The molecule has 0 amide bonds. The van der Waals surface area contributed by atoms with E-state index in [0.717, 1.165) is 141 Å². The normalized spacial score (nSPS) is 13.1. The van der Waals surface area contributed by atoms with Gasteiger partial charge in [-0.3, -0.25) is 14.4 Å². The molecule has 0 N–H and O–H groups in total. The highest BCUT2D eigenvalue weighted by Crippen LogP contribution is 2.13. The molecule has 0 aliphatic carbocycles. The maximum absolute atomic E-state index is 12.8. The van der Waals surface area contributed by atoms with Gasteiger partial charge >= 0.3 is 17.9 Å². The fourth-order valence-electron chi connectivity index (χ4n) is 7.20. The number of esters is 3. The van der Waals surface area contributed by atoms with E-state index in [2.05, 4.69) is 154 Å². The van der Waals surface area contributed by atoms with Crippen molar-refractivity contribution >= 4 is 17.9 Å². The predicted molar refractivity (Wildman–Crippen MR) is 302 cm³/mol. The van der Waals surface area contributed by atoms with Crippen molar-refractivity contribution in [3.8, 4) is 0 Å². The van der Waals surface area contributed by atoms with Gasteiger partial charge in [0.25, 0.3) is 0 Å². The second-order valence-corrected chi connectivity index (χ2v) is 18.1. The minimum Gasteiger partial charge on any atom is -0.462 e. The summed E-state index contributed by atoms with van der Waals surface area (Å²) in [5.74, 6) is -0.973. The summed E-state index contributed by atoms with van der Waals surface area (Å²) in [4.78, 5) is 38.0. The smallest absolute Gasteiger partial charge is 0.306 e. The first-order chi connectivity index (χ1) is 34.5. The summed E-state index contributed by atoms with van der Waals surface area (Å²) >= 11 is 0. The zero-order valence-corrected chi connectivity index (χ0v) is 45.0. The number of carbonyl (C=O) groups excluding carboxylic acids is 3. The van der Waals surface area contributed by atoms with E-state index in [4.69, 9.17) is 14.2 Å². The average molecular weight is 968 g/mol. The summed E-state index contributed by atoms with van der Waals surface area (Å²) in [5, 5.41) is 0. The first kappa shape index (κ1) is 65.5. The maximum atomic E-state index is 12.8. The lowest BCUT2D eigenvalue weighted by Gasteiger charge is -2.18. The number of unbranched alkanes of at least 4 members (excludes halogenated alkanes) is 16.